The van der Waals surface area contributed by atoms with Crippen molar-refractivity contribution in [2.75, 3.05) is 19.6 Å². The summed E-state index contributed by atoms with van der Waals surface area (Å²) in [6.45, 7) is 4.24. The Kier molecular flexibility index (Phi) is 11.8. The molecule has 3 fully saturated rings. The van der Waals surface area contributed by atoms with Crippen LogP contribution in [-0.2, 0) is 34.3 Å². The van der Waals surface area contributed by atoms with Gasteiger partial charge in [-0.1, -0.05) is 99.2 Å². The van der Waals surface area contributed by atoms with Gasteiger partial charge in [-0.25, -0.2) is 0 Å². The topological polar surface area (TPSA) is 79.3 Å². The highest BCUT2D eigenvalue weighted by Crippen LogP contribution is 2.66. The molecule has 2 bridgehead atoms. The summed E-state index contributed by atoms with van der Waals surface area (Å²) in [5.41, 5.74) is 4.46. The van der Waals surface area contributed by atoms with Crippen molar-refractivity contribution in [3.8, 4) is 17.2 Å². The highest BCUT2D eigenvalue weighted by atomic mass is 16.6. The minimum Gasteiger partial charge on any atom is -0.508 e. The van der Waals surface area contributed by atoms with Gasteiger partial charge in [0.1, 0.15) is 11.9 Å². The average Bonchev–Trinajstić information content (AvgIpc) is 3.94. The van der Waals surface area contributed by atoms with Gasteiger partial charge in [-0.05, 0) is 100 Å². The predicted octanol–water partition coefficient (Wildman–Crippen LogP) is 9.35. The number of nitrogens with zero attached hydrogens (tertiary/aromatic N) is 2. The highest BCUT2D eigenvalue weighted by Gasteiger charge is 2.67. The lowest BCUT2D eigenvalue weighted by Crippen LogP contribution is -2.69. The Morgan fingerprint density at radius 3 is 2.18 bits per heavy atom. The first kappa shape index (κ1) is 38.1. The molecule has 0 aromatic heterocycles. The maximum atomic E-state index is 14.5. The Balaban J connectivity index is 0.962. The molecule has 1 spiro atoms. The smallest absolute Gasteiger partial charge is 0.308 e. The van der Waals surface area contributed by atoms with E-state index < -0.39 is 5.97 Å². The molecule has 294 valence electrons. The molecule has 8 rings (SSSR count). The van der Waals surface area contributed by atoms with E-state index in [-0.39, 0.29) is 29.2 Å². The monoisotopic (exact) mass is 746 g/mol. The molecule has 7 heteroatoms. The summed E-state index contributed by atoms with van der Waals surface area (Å²) < 4.78 is 12.9. The van der Waals surface area contributed by atoms with Crippen LogP contribution in [0.1, 0.15) is 125 Å². The number of phenolic OH excluding ortho intramolecular Hbond substituents is 1. The quantitative estimate of drug-likeness (QED) is 0.0749. The van der Waals surface area contributed by atoms with Gasteiger partial charge >= 0.3 is 5.97 Å². The fourth-order valence-electron chi connectivity index (χ4n) is 11.1. The van der Waals surface area contributed by atoms with Crippen LogP contribution in [-0.4, -0.2) is 64.6 Å². The number of aromatic hydroxyl groups is 1. The molecule has 2 saturated carbocycles. The molecule has 3 aromatic rings. The summed E-state index contributed by atoms with van der Waals surface area (Å²) in [6, 6.07) is 23.3. The molecular weight excluding hydrogens is 685 g/mol. The van der Waals surface area contributed by atoms with Gasteiger partial charge < -0.3 is 19.5 Å². The molecule has 1 N–H and O–H groups in total. The van der Waals surface area contributed by atoms with Crippen LogP contribution in [0.4, 0.5) is 0 Å². The SMILES string of the molecule is CC(=O)Oc1cc(O)c2c3c1O[C@H]1[C@@H](N(CCCc4ccccc4)C(=O)CCCCCCCCCCc4ccccc4)CC[C@H]4[C@@H](C2)N(CC2CC2)CC[C@@]341. The maximum Gasteiger partial charge on any atom is 0.308 e. The first-order chi connectivity index (χ1) is 26.9. The molecule has 3 aromatic carbocycles. The Labute approximate surface area is 328 Å². The third kappa shape index (κ3) is 8.19. The minimum absolute atomic E-state index is 0.0725. The molecule has 55 heavy (non-hydrogen) atoms. The molecule has 0 unspecified atom stereocenters. The van der Waals surface area contributed by atoms with Crippen LogP contribution >= 0.6 is 0 Å². The summed E-state index contributed by atoms with van der Waals surface area (Å²) in [4.78, 5) is 31.8. The van der Waals surface area contributed by atoms with Crippen LogP contribution in [0.15, 0.2) is 66.7 Å². The number of hydrogen-bond acceptors (Lipinski definition) is 6. The zero-order chi connectivity index (χ0) is 37.8. The fraction of sp³-hybridized carbons (Fsp3) is 0.583. The fourth-order valence-corrected chi connectivity index (χ4v) is 11.1. The molecule has 7 nitrogen and oxygen atoms in total. The molecule has 0 radical (unpaired) electrons. The number of likely N-dealkylation sites (tertiary alicyclic amines) is 1. The van der Waals surface area contributed by atoms with E-state index in [9.17, 15) is 14.7 Å². The van der Waals surface area contributed by atoms with Crippen LogP contribution in [0.3, 0.4) is 0 Å². The zero-order valence-corrected chi connectivity index (χ0v) is 33.1. The Bertz CT molecular complexity index is 1780. The molecule has 1 amide bonds. The van der Waals surface area contributed by atoms with Crippen LogP contribution in [0, 0.1) is 11.8 Å². The molecule has 5 atom stereocenters. The van der Waals surface area contributed by atoms with Crippen LogP contribution < -0.4 is 9.47 Å². The van der Waals surface area contributed by atoms with E-state index in [0.717, 1.165) is 81.5 Å². The summed E-state index contributed by atoms with van der Waals surface area (Å²) in [6.07, 6.45) is 19.1. The second kappa shape index (κ2) is 17.1. The number of ether oxygens (including phenoxy) is 2. The van der Waals surface area contributed by atoms with Crippen molar-refractivity contribution in [3.05, 3.63) is 89.0 Å². The van der Waals surface area contributed by atoms with Crippen molar-refractivity contribution in [2.24, 2.45) is 11.8 Å². The van der Waals surface area contributed by atoms with Gasteiger partial charge in [0.2, 0.25) is 5.91 Å². The van der Waals surface area contributed by atoms with Crippen molar-refractivity contribution >= 4 is 11.9 Å². The number of amides is 1. The largest absolute Gasteiger partial charge is 0.508 e. The van der Waals surface area contributed by atoms with Crippen molar-refractivity contribution in [2.45, 2.75) is 146 Å². The van der Waals surface area contributed by atoms with Crippen molar-refractivity contribution in [1.29, 1.82) is 0 Å². The second-order valence-electron chi connectivity index (χ2n) is 17.5. The lowest BCUT2D eigenvalue weighted by Gasteiger charge is -2.60. The zero-order valence-electron chi connectivity index (χ0n) is 33.1. The summed E-state index contributed by atoms with van der Waals surface area (Å²) in [5.74, 6) is 2.16. The normalized spacial score (nSPS) is 24.9. The molecular formula is C48H62N2O5. The van der Waals surface area contributed by atoms with Gasteiger partial charge in [-0.15, -0.1) is 0 Å². The molecule has 2 aliphatic heterocycles. The number of hydrogen-bond donors (Lipinski definition) is 1. The Morgan fingerprint density at radius 1 is 0.855 bits per heavy atom. The third-order valence-electron chi connectivity index (χ3n) is 13.8. The predicted molar refractivity (Wildman–Crippen MR) is 217 cm³/mol. The lowest BCUT2D eigenvalue weighted by atomic mass is 9.50. The summed E-state index contributed by atoms with van der Waals surface area (Å²) in [7, 11) is 0. The summed E-state index contributed by atoms with van der Waals surface area (Å²) >= 11 is 0. The van der Waals surface area contributed by atoms with Crippen LogP contribution in [0.25, 0.3) is 0 Å². The molecule has 3 aliphatic carbocycles. The van der Waals surface area contributed by atoms with Gasteiger partial charge in [-0.3, -0.25) is 14.5 Å². The standard InChI is InChI=1S/C48H62N2O5/c1-34(51)54-43-32-42(52)38-31-41-39-26-27-40(47-48(39,45(38)46(43)55-47)28-30-49(41)33-37-24-25-37)50(29-16-22-36-20-13-9-14-21-36)44(53)23-15-7-5-3-2-4-6-10-17-35-18-11-8-12-19-35/h8-9,11-14,18-21,32,37,39-41,47,52H,2-7,10,15-17,22-31,33H2,1H3/t39-,40-,41+,47-,48-/m0/s1. The number of carbonyl (C=O) groups is 2. The van der Waals surface area contributed by atoms with E-state index in [4.69, 9.17) is 9.47 Å². The minimum atomic E-state index is -0.423. The number of rotatable bonds is 19. The second-order valence-corrected chi connectivity index (χ2v) is 17.5. The summed E-state index contributed by atoms with van der Waals surface area (Å²) in [5, 5.41) is 11.5. The van der Waals surface area contributed by atoms with Crippen molar-refractivity contribution < 1.29 is 24.2 Å². The van der Waals surface area contributed by atoms with E-state index in [2.05, 4.69) is 70.5 Å². The van der Waals surface area contributed by atoms with Crippen LogP contribution in [0.2, 0.25) is 0 Å². The third-order valence-corrected chi connectivity index (χ3v) is 13.8. The van der Waals surface area contributed by atoms with Crippen molar-refractivity contribution in [1.82, 2.24) is 9.80 Å². The number of unbranched alkanes of at least 4 members (excludes halogenated alkanes) is 7. The van der Waals surface area contributed by atoms with E-state index >= 15 is 0 Å². The first-order valence-electron chi connectivity index (χ1n) is 21.8. The number of aryl methyl sites for hydroxylation is 2. The van der Waals surface area contributed by atoms with E-state index in [1.54, 1.807) is 6.07 Å². The van der Waals surface area contributed by atoms with Crippen molar-refractivity contribution in [3.63, 3.8) is 0 Å². The molecule has 2 heterocycles. The number of carbonyl (C=O) groups excluding carboxylic acids is 2. The molecule has 5 aliphatic rings. The van der Waals surface area contributed by atoms with Crippen LogP contribution in [0.5, 0.6) is 17.2 Å². The van der Waals surface area contributed by atoms with Gasteiger partial charge in [0.15, 0.2) is 11.5 Å². The average molecular weight is 747 g/mol. The number of piperidine rings is 1. The number of esters is 1. The molecule has 1 saturated heterocycles. The number of phenols is 1. The van der Waals surface area contributed by atoms with Gasteiger partial charge in [-0.2, -0.15) is 0 Å². The van der Waals surface area contributed by atoms with Gasteiger partial charge in [0.25, 0.3) is 0 Å². The van der Waals surface area contributed by atoms with E-state index in [1.807, 2.05) is 0 Å². The lowest BCUT2D eigenvalue weighted by molar-refractivity contribution is -0.143. The highest BCUT2D eigenvalue weighted by molar-refractivity contribution is 5.77. The Hall–Kier alpha value is -3.84. The number of benzene rings is 3. The first-order valence-corrected chi connectivity index (χ1v) is 21.8. The van der Waals surface area contributed by atoms with Gasteiger partial charge in [0.05, 0.1) is 6.04 Å². The van der Waals surface area contributed by atoms with Gasteiger partial charge in [0, 0.05) is 55.1 Å². The maximum absolute atomic E-state index is 14.5. The van der Waals surface area contributed by atoms with E-state index in [1.165, 1.54) is 75.8 Å². The Morgan fingerprint density at radius 2 is 1.51 bits per heavy atom. The van der Waals surface area contributed by atoms with E-state index in [0.29, 0.717) is 36.4 Å².